The zero-order chi connectivity index (χ0) is 8.81. The Bertz CT molecular complexity index is 321. The van der Waals surface area contributed by atoms with Gasteiger partial charge in [-0.15, -0.1) is 0 Å². The van der Waals surface area contributed by atoms with Crippen molar-refractivity contribution in [2.75, 3.05) is 0 Å². The molecule has 0 amide bonds. The van der Waals surface area contributed by atoms with Crippen molar-refractivity contribution in [3.63, 3.8) is 0 Å². The van der Waals surface area contributed by atoms with Gasteiger partial charge in [0.25, 0.3) is 0 Å². The van der Waals surface area contributed by atoms with E-state index in [1.165, 1.54) is 6.08 Å². The molecular formula is C10H8O2. The Hall–Kier alpha value is -1.75. The van der Waals surface area contributed by atoms with Crippen molar-refractivity contribution in [3.8, 4) is 11.8 Å². The molecule has 60 valence electrons. The van der Waals surface area contributed by atoms with E-state index in [0.29, 0.717) is 5.76 Å². The number of carbonyl (C=O) groups excluding carboxylic acids is 1. The van der Waals surface area contributed by atoms with E-state index in [0.717, 1.165) is 0 Å². The Balaban J connectivity index is 2.56. The summed E-state index contributed by atoms with van der Waals surface area (Å²) in [5.41, 5.74) is 0. The molecule has 0 radical (unpaired) electrons. The lowest BCUT2D eigenvalue weighted by Gasteiger charge is -1.89. The first-order chi connectivity index (χ1) is 5.83. The molecule has 0 saturated heterocycles. The third kappa shape index (κ3) is 2.47. The topological polar surface area (TPSA) is 26.3 Å². The molecule has 0 aromatic rings. The molecule has 0 saturated carbocycles. The molecule has 0 bridgehead atoms. The van der Waals surface area contributed by atoms with E-state index >= 15 is 0 Å². The SMILES string of the molecule is C/C=C/C#C/C=C1/C=CC(=O)O1. The van der Waals surface area contributed by atoms with Gasteiger partial charge in [0.15, 0.2) is 0 Å². The molecule has 1 heterocycles. The predicted octanol–water partition coefficient (Wildman–Crippen LogP) is 1.56. The smallest absolute Gasteiger partial charge is 0.336 e. The van der Waals surface area contributed by atoms with Gasteiger partial charge in [-0.25, -0.2) is 4.79 Å². The summed E-state index contributed by atoms with van der Waals surface area (Å²) in [6, 6.07) is 0. The molecule has 1 aliphatic rings. The van der Waals surface area contributed by atoms with Crippen molar-refractivity contribution in [1.82, 2.24) is 0 Å². The first-order valence-corrected chi connectivity index (χ1v) is 3.55. The van der Waals surface area contributed by atoms with Crippen LogP contribution >= 0.6 is 0 Å². The summed E-state index contributed by atoms with van der Waals surface area (Å²) in [4.78, 5) is 10.5. The van der Waals surface area contributed by atoms with Crippen LogP contribution < -0.4 is 0 Å². The Kier molecular flexibility index (Phi) is 2.92. The summed E-state index contributed by atoms with van der Waals surface area (Å²) in [7, 11) is 0. The van der Waals surface area contributed by atoms with E-state index in [2.05, 4.69) is 11.8 Å². The van der Waals surface area contributed by atoms with Gasteiger partial charge in [-0.3, -0.25) is 0 Å². The number of ether oxygens (including phenoxy) is 1. The fraction of sp³-hybridized carbons (Fsp3) is 0.100. The molecule has 2 heteroatoms. The van der Waals surface area contributed by atoms with E-state index in [9.17, 15) is 4.79 Å². The lowest BCUT2D eigenvalue weighted by Crippen LogP contribution is -1.89. The standard InChI is InChI=1S/C10H8O2/c1-2-3-4-5-6-9-7-8-10(11)12-9/h2-3,6-8H,1H3/b3-2+,9-6-. The van der Waals surface area contributed by atoms with Crippen LogP contribution in [0.25, 0.3) is 0 Å². The summed E-state index contributed by atoms with van der Waals surface area (Å²) in [6.07, 6.45) is 8.07. The number of esters is 1. The van der Waals surface area contributed by atoms with Crippen LogP contribution in [-0.4, -0.2) is 5.97 Å². The van der Waals surface area contributed by atoms with E-state index < -0.39 is 0 Å². The molecular weight excluding hydrogens is 152 g/mol. The van der Waals surface area contributed by atoms with Gasteiger partial charge in [0.05, 0.1) is 0 Å². The van der Waals surface area contributed by atoms with Crippen LogP contribution in [0, 0.1) is 11.8 Å². The molecule has 0 N–H and O–H groups in total. The molecule has 1 rings (SSSR count). The lowest BCUT2D eigenvalue weighted by molar-refractivity contribution is -0.132. The molecule has 0 aliphatic carbocycles. The number of hydrogen-bond donors (Lipinski definition) is 0. The zero-order valence-electron chi connectivity index (χ0n) is 6.70. The van der Waals surface area contributed by atoms with Gasteiger partial charge in [0, 0.05) is 12.2 Å². The van der Waals surface area contributed by atoms with E-state index in [1.807, 2.05) is 13.0 Å². The molecule has 0 spiro atoms. The third-order valence-corrected chi connectivity index (χ3v) is 1.15. The Morgan fingerprint density at radius 1 is 1.42 bits per heavy atom. The molecule has 2 nitrogen and oxygen atoms in total. The number of hydrogen-bond acceptors (Lipinski definition) is 2. The maximum atomic E-state index is 10.5. The maximum Gasteiger partial charge on any atom is 0.336 e. The number of cyclic esters (lactones) is 1. The van der Waals surface area contributed by atoms with Crippen molar-refractivity contribution < 1.29 is 9.53 Å². The third-order valence-electron chi connectivity index (χ3n) is 1.15. The largest absolute Gasteiger partial charge is 0.423 e. The summed E-state index contributed by atoms with van der Waals surface area (Å²) in [5.74, 6) is 5.62. The van der Waals surface area contributed by atoms with Gasteiger partial charge in [-0.2, -0.15) is 0 Å². The van der Waals surface area contributed by atoms with Crippen molar-refractivity contribution in [2.24, 2.45) is 0 Å². The number of allylic oxidation sites excluding steroid dienone is 4. The van der Waals surface area contributed by atoms with Crippen LogP contribution in [0.3, 0.4) is 0 Å². The summed E-state index contributed by atoms with van der Waals surface area (Å²) in [6.45, 7) is 1.89. The highest BCUT2D eigenvalue weighted by molar-refractivity contribution is 5.86. The molecule has 0 atom stereocenters. The monoisotopic (exact) mass is 160 g/mol. The predicted molar refractivity (Wildman–Crippen MR) is 45.9 cm³/mol. The summed E-state index contributed by atoms with van der Waals surface area (Å²) >= 11 is 0. The molecule has 1 aliphatic heterocycles. The minimum Gasteiger partial charge on any atom is -0.423 e. The minimum atomic E-state index is -0.339. The van der Waals surface area contributed by atoms with Gasteiger partial charge in [0.2, 0.25) is 0 Å². The van der Waals surface area contributed by atoms with Gasteiger partial charge in [-0.1, -0.05) is 17.9 Å². The van der Waals surface area contributed by atoms with Crippen molar-refractivity contribution in [3.05, 3.63) is 36.1 Å². The first kappa shape index (κ1) is 8.35. The fourth-order valence-electron chi connectivity index (χ4n) is 0.656. The van der Waals surface area contributed by atoms with E-state index in [1.54, 1.807) is 18.2 Å². The average Bonchev–Trinajstić information content (AvgIpc) is 2.45. The summed E-state index contributed by atoms with van der Waals surface area (Å²) in [5, 5.41) is 0. The Labute approximate surface area is 71.2 Å². The van der Waals surface area contributed by atoms with Crippen LogP contribution in [0.1, 0.15) is 6.92 Å². The second-order valence-corrected chi connectivity index (χ2v) is 2.09. The van der Waals surface area contributed by atoms with Crippen LogP contribution in [0.2, 0.25) is 0 Å². The normalized spacial score (nSPS) is 18.1. The number of carbonyl (C=O) groups is 1. The zero-order valence-corrected chi connectivity index (χ0v) is 6.70. The average molecular weight is 160 g/mol. The lowest BCUT2D eigenvalue weighted by atomic mass is 10.4. The van der Waals surface area contributed by atoms with E-state index in [4.69, 9.17) is 4.74 Å². The Morgan fingerprint density at radius 2 is 2.25 bits per heavy atom. The highest BCUT2D eigenvalue weighted by atomic mass is 16.5. The van der Waals surface area contributed by atoms with Gasteiger partial charge in [-0.05, 0) is 19.1 Å². The highest BCUT2D eigenvalue weighted by Gasteiger charge is 2.07. The van der Waals surface area contributed by atoms with Crippen LogP contribution in [0.5, 0.6) is 0 Å². The minimum absolute atomic E-state index is 0.339. The van der Waals surface area contributed by atoms with Crippen molar-refractivity contribution in [2.45, 2.75) is 6.92 Å². The quantitative estimate of drug-likeness (QED) is 0.397. The summed E-state index contributed by atoms with van der Waals surface area (Å²) < 4.78 is 4.73. The fourth-order valence-corrected chi connectivity index (χ4v) is 0.656. The molecule has 0 aromatic carbocycles. The molecule has 0 unspecified atom stereocenters. The van der Waals surface area contributed by atoms with Crippen LogP contribution in [-0.2, 0) is 9.53 Å². The second kappa shape index (κ2) is 4.20. The van der Waals surface area contributed by atoms with E-state index in [-0.39, 0.29) is 5.97 Å². The number of rotatable bonds is 0. The van der Waals surface area contributed by atoms with Crippen LogP contribution in [0.15, 0.2) is 36.1 Å². The highest BCUT2D eigenvalue weighted by Crippen LogP contribution is 2.07. The Morgan fingerprint density at radius 3 is 2.83 bits per heavy atom. The van der Waals surface area contributed by atoms with Crippen molar-refractivity contribution in [1.29, 1.82) is 0 Å². The second-order valence-electron chi connectivity index (χ2n) is 2.09. The van der Waals surface area contributed by atoms with Gasteiger partial charge >= 0.3 is 5.97 Å². The molecule has 0 fully saturated rings. The first-order valence-electron chi connectivity index (χ1n) is 3.55. The van der Waals surface area contributed by atoms with Gasteiger partial charge in [0.1, 0.15) is 5.76 Å². The molecule has 12 heavy (non-hydrogen) atoms. The maximum absolute atomic E-state index is 10.5. The van der Waals surface area contributed by atoms with Gasteiger partial charge < -0.3 is 4.74 Å². The molecule has 0 aromatic heterocycles. The van der Waals surface area contributed by atoms with Crippen LogP contribution in [0.4, 0.5) is 0 Å². The van der Waals surface area contributed by atoms with Crippen molar-refractivity contribution >= 4 is 5.97 Å².